The van der Waals surface area contributed by atoms with Gasteiger partial charge < -0.3 is 5.11 Å². The summed E-state index contributed by atoms with van der Waals surface area (Å²) in [6, 6.07) is 0. The van der Waals surface area contributed by atoms with Crippen molar-refractivity contribution in [1.82, 2.24) is 0 Å². The zero-order valence-electron chi connectivity index (χ0n) is 7.00. The van der Waals surface area contributed by atoms with E-state index in [0.717, 1.165) is 6.42 Å². The highest BCUT2D eigenvalue weighted by Crippen LogP contribution is 2.28. The smallest absolute Gasteiger partial charge is 0.307 e. The zero-order valence-corrected chi connectivity index (χ0v) is 7.00. The molecule has 0 unspecified atom stereocenters. The fraction of sp³-hybridized carbons (Fsp3) is 0.667. The van der Waals surface area contributed by atoms with Crippen molar-refractivity contribution in [3.8, 4) is 0 Å². The van der Waals surface area contributed by atoms with Gasteiger partial charge in [-0.25, -0.2) is 0 Å². The number of hydrogen-bond acceptors (Lipinski definition) is 1. The fourth-order valence-corrected chi connectivity index (χ4v) is 1.64. The lowest BCUT2D eigenvalue weighted by Crippen LogP contribution is -2.23. The van der Waals surface area contributed by atoms with Crippen molar-refractivity contribution >= 4 is 5.97 Å². The van der Waals surface area contributed by atoms with Crippen LogP contribution in [0.25, 0.3) is 0 Å². The zero-order chi connectivity index (χ0) is 8.43. The predicted octanol–water partition coefficient (Wildman–Crippen LogP) is 2.06. The standard InChI is InChI=1S/C9H14O2/c1-6-3-4-8(9(10)11)7(2)5-6/h3,7-8H,4-5H2,1-2H3,(H,10,11)/t7-,8-/m0/s1. The van der Waals surface area contributed by atoms with E-state index < -0.39 is 5.97 Å². The summed E-state index contributed by atoms with van der Waals surface area (Å²) in [6.45, 7) is 4.07. The minimum Gasteiger partial charge on any atom is -0.481 e. The highest BCUT2D eigenvalue weighted by molar-refractivity contribution is 5.70. The Morgan fingerprint density at radius 1 is 1.73 bits per heavy atom. The number of allylic oxidation sites excluding steroid dienone is 2. The van der Waals surface area contributed by atoms with Crippen molar-refractivity contribution in [2.24, 2.45) is 11.8 Å². The first-order valence-corrected chi connectivity index (χ1v) is 3.99. The first kappa shape index (κ1) is 8.31. The maximum Gasteiger partial charge on any atom is 0.307 e. The molecule has 1 aliphatic rings. The Kier molecular flexibility index (Phi) is 2.32. The Morgan fingerprint density at radius 3 is 2.82 bits per heavy atom. The predicted molar refractivity (Wildman–Crippen MR) is 43.3 cm³/mol. The minimum atomic E-state index is -0.652. The van der Waals surface area contributed by atoms with Crippen LogP contribution in [0.3, 0.4) is 0 Å². The van der Waals surface area contributed by atoms with Crippen LogP contribution >= 0.6 is 0 Å². The highest BCUT2D eigenvalue weighted by Gasteiger charge is 2.26. The maximum atomic E-state index is 10.6. The Morgan fingerprint density at radius 2 is 2.36 bits per heavy atom. The number of aliphatic carboxylic acids is 1. The van der Waals surface area contributed by atoms with Gasteiger partial charge >= 0.3 is 5.97 Å². The Labute approximate surface area is 66.9 Å². The van der Waals surface area contributed by atoms with E-state index in [4.69, 9.17) is 5.11 Å². The lowest BCUT2D eigenvalue weighted by atomic mass is 9.81. The van der Waals surface area contributed by atoms with Gasteiger partial charge in [-0.2, -0.15) is 0 Å². The molecule has 1 aliphatic carbocycles. The van der Waals surface area contributed by atoms with Crippen LogP contribution in [0.2, 0.25) is 0 Å². The Bertz CT molecular complexity index is 194. The van der Waals surface area contributed by atoms with Gasteiger partial charge in [0.15, 0.2) is 0 Å². The summed E-state index contributed by atoms with van der Waals surface area (Å²) in [4.78, 5) is 10.6. The van der Waals surface area contributed by atoms with E-state index in [1.165, 1.54) is 5.57 Å². The van der Waals surface area contributed by atoms with Crippen LogP contribution in [-0.2, 0) is 4.79 Å². The molecule has 0 aliphatic heterocycles. The van der Waals surface area contributed by atoms with Crippen molar-refractivity contribution < 1.29 is 9.90 Å². The molecule has 2 heteroatoms. The summed E-state index contributed by atoms with van der Waals surface area (Å²) in [5, 5.41) is 8.77. The average Bonchev–Trinajstić information content (AvgIpc) is 1.85. The van der Waals surface area contributed by atoms with Crippen LogP contribution in [0.15, 0.2) is 11.6 Å². The Balaban J connectivity index is 2.65. The summed E-state index contributed by atoms with van der Waals surface area (Å²) >= 11 is 0. The van der Waals surface area contributed by atoms with Crippen molar-refractivity contribution in [3.63, 3.8) is 0 Å². The highest BCUT2D eigenvalue weighted by atomic mass is 16.4. The molecule has 0 aromatic carbocycles. The maximum absolute atomic E-state index is 10.6. The largest absolute Gasteiger partial charge is 0.481 e. The second-order valence-corrected chi connectivity index (χ2v) is 3.41. The van der Waals surface area contributed by atoms with Gasteiger partial charge in [0.1, 0.15) is 0 Å². The van der Waals surface area contributed by atoms with Crippen LogP contribution in [0, 0.1) is 11.8 Å². The lowest BCUT2D eigenvalue weighted by molar-refractivity contribution is -0.143. The molecule has 11 heavy (non-hydrogen) atoms. The number of carboxylic acids is 1. The Hall–Kier alpha value is -0.790. The topological polar surface area (TPSA) is 37.3 Å². The third-order valence-corrected chi connectivity index (χ3v) is 2.37. The number of rotatable bonds is 1. The van der Waals surface area contributed by atoms with E-state index in [1.807, 2.05) is 13.0 Å². The van der Waals surface area contributed by atoms with Crippen molar-refractivity contribution in [1.29, 1.82) is 0 Å². The molecule has 0 saturated carbocycles. The summed E-state index contributed by atoms with van der Waals surface area (Å²) in [5.41, 5.74) is 1.33. The molecule has 0 spiro atoms. The van der Waals surface area contributed by atoms with Gasteiger partial charge in [-0.15, -0.1) is 0 Å². The van der Waals surface area contributed by atoms with E-state index >= 15 is 0 Å². The van der Waals surface area contributed by atoms with Gasteiger partial charge in [-0.05, 0) is 25.7 Å². The molecule has 62 valence electrons. The molecule has 0 amide bonds. The van der Waals surface area contributed by atoms with Crippen LogP contribution in [-0.4, -0.2) is 11.1 Å². The van der Waals surface area contributed by atoms with Gasteiger partial charge in [0.25, 0.3) is 0 Å². The van der Waals surface area contributed by atoms with Gasteiger partial charge in [0.2, 0.25) is 0 Å². The molecule has 0 aromatic heterocycles. The van der Waals surface area contributed by atoms with E-state index in [1.54, 1.807) is 0 Å². The molecule has 0 radical (unpaired) electrons. The minimum absolute atomic E-state index is 0.154. The number of carbonyl (C=O) groups is 1. The third kappa shape index (κ3) is 1.82. The first-order chi connectivity index (χ1) is 5.11. The van der Waals surface area contributed by atoms with Crippen molar-refractivity contribution in [2.45, 2.75) is 26.7 Å². The second kappa shape index (κ2) is 3.07. The molecular formula is C9H14O2. The summed E-state index contributed by atoms with van der Waals surface area (Å²) < 4.78 is 0. The third-order valence-electron chi connectivity index (χ3n) is 2.37. The molecule has 0 bridgehead atoms. The summed E-state index contributed by atoms with van der Waals surface area (Å²) in [5.74, 6) is -0.502. The van der Waals surface area contributed by atoms with Gasteiger partial charge in [0.05, 0.1) is 5.92 Å². The first-order valence-electron chi connectivity index (χ1n) is 3.99. The van der Waals surface area contributed by atoms with E-state index in [0.29, 0.717) is 12.3 Å². The lowest BCUT2D eigenvalue weighted by Gasteiger charge is -2.23. The molecule has 1 N–H and O–H groups in total. The van der Waals surface area contributed by atoms with Gasteiger partial charge in [-0.1, -0.05) is 18.6 Å². The van der Waals surface area contributed by atoms with E-state index in [2.05, 4.69) is 6.92 Å². The summed E-state index contributed by atoms with van der Waals surface area (Å²) in [6.07, 6.45) is 3.69. The molecule has 1 rings (SSSR count). The van der Waals surface area contributed by atoms with Crippen LogP contribution in [0.4, 0.5) is 0 Å². The van der Waals surface area contributed by atoms with E-state index in [9.17, 15) is 4.79 Å². The number of hydrogen-bond donors (Lipinski definition) is 1. The van der Waals surface area contributed by atoms with E-state index in [-0.39, 0.29) is 5.92 Å². The number of carboxylic acid groups (broad SMARTS) is 1. The normalized spacial score (nSPS) is 31.3. The average molecular weight is 154 g/mol. The molecule has 2 atom stereocenters. The molecule has 2 nitrogen and oxygen atoms in total. The SMILES string of the molecule is CC1=CC[C@H](C(=O)O)[C@@H](C)C1. The van der Waals surface area contributed by atoms with Gasteiger partial charge in [0, 0.05) is 0 Å². The molecule has 0 heterocycles. The van der Waals surface area contributed by atoms with Crippen LogP contribution in [0.5, 0.6) is 0 Å². The van der Waals surface area contributed by atoms with Gasteiger partial charge in [-0.3, -0.25) is 4.79 Å². The fourth-order valence-electron chi connectivity index (χ4n) is 1.64. The monoisotopic (exact) mass is 154 g/mol. The second-order valence-electron chi connectivity index (χ2n) is 3.41. The molecule has 0 saturated heterocycles. The van der Waals surface area contributed by atoms with Crippen molar-refractivity contribution in [2.75, 3.05) is 0 Å². The van der Waals surface area contributed by atoms with Crippen LogP contribution in [0.1, 0.15) is 26.7 Å². The molecule has 0 fully saturated rings. The molecular weight excluding hydrogens is 140 g/mol. The van der Waals surface area contributed by atoms with Crippen LogP contribution < -0.4 is 0 Å². The van der Waals surface area contributed by atoms with Crippen molar-refractivity contribution in [3.05, 3.63) is 11.6 Å². The quantitative estimate of drug-likeness (QED) is 0.587. The summed E-state index contributed by atoms with van der Waals surface area (Å²) in [7, 11) is 0. The molecule has 0 aromatic rings.